The molecule has 8 rings (SSSR count). The number of nitrogens with zero attached hydrogens (tertiary/aromatic N) is 4. The number of fused-ring (bicyclic) bond motifs is 8. The van der Waals surface area contributed by atoms with Gasteiger partial charge in [0, 0.05) is 21.5 Å². The second kappa shape index (κ2) is 8.33. The van der Waals surface area contributed by atoms with Gasteiger partial charge in [-0.3, -0.25) is 0 Å². The van der Waals surface area contributed by atoms with Gasteiger partial charge >= 0.3 is 0 Å². The molecule has 184 valence electrons. The van der Waals surface area contributed by atoms with Crippen molar-refractivity contribution < 1.29 is 0 Å². The normalized spacial score (nSPS) is 11.4. The van der Waals surface area contributed by atoms with Crippen LogP contribution in [0.4, 0.5) is 0 Å². The maximum atomic E-state index is 10.5. The van der Waals surface area contributed by atoms with Gasteiger partial charge in [-0.25, -0.2) is 0 Å². The molecule has 0 radical (unpaired) electrons. The van der Waals surface area contributed by atoms with Crippen LogP contribution in [0.2, 0.25) is 0 Å². The molecule has 4 heteroatoms. The predicted octanol–water partition coefficient (Wildman–Crippen LogP) is 8.78. The van der Waals surface area contributed by atoms with Crippen molar-refractivity contribution in [2.45, 2.75) is 0 Å². The van der Waals surface area contributed by atoms with Gasteiger partial charge in [0.15, 0.2) is 0 Å². The van der Waals surface area contributed by atoms with E-state index in [9.17, 15) is 10.5 Å². The molecule has 0 bridgehead atoms. The van der Waals surface area contributed by atoms with Gasteiger partial charge in [0.25, 0.3) is 0 Å². The predicted molar refractivity (Wildman–Crippen MR) is 162 cm³/mol. The van der Waals surface area contributed by atoms with Gasteiger partial charge < -0.3 is 9.13 Å². The minimum Gasteiger partial charge on any atom is -0.307 e. The summed E-state index contributed by atoms with van der Waals surface area (Å²) in [6, 6.07) is 46.0. The van der Waals surface area contributed by atoms with E-state index in [1.54, 1.807) is 6.07 Å². The third-order valence-corrected chi connectivity index (χ3v) is 7.95. The Labute approximate surface area is 229 Å². The van der Waals surface area contributed by atoms with Crippen LogP contribution >= 0.6 is 0 Å². The molecule has 8 aromatic rings. The van der Waals surface area contributed by atoms with E-state index in [4.69, 9.17) is 0 Å². The lowest BCUT2D eigenvalue weighted by atomic mass is 10.0. The van der Waals surface area contributed by atoms with Crippen molar-refractivity contribution in [1.29, 1.82) is 10.5 Å². The summed E-state index contributed by atoms with van der Waals surface area (Å²) >= 11 is 0. The first-order chi connectivity index (χ1) is 19.8. The van der Waals surface area contributed by atoms with Crippen LogP contribution in [-0.4, -0.2) is 9.13 Å². The third-order valence-electron chi connectivity index (χ3n) is 7.95. The van der Waals surface area contributed by atoms with Gasteiger partial charge in [0.05, 0.1) is 50.6 Å². The Morgan fingerprint density at radius 2 is 1.05 bits per heavy atom. The number of nitriles is 2. The zero-order valence-electron chi connectivity index (χ0n) is 21.3. The van der Waals surface area contributed by atoms with Crippen molar-refractivity contribution in [3.63, 3.8) is 0 Å². The Kier molecular flexibility index (Phi) is 4.62. The van der Waals surface area contributed by atoms with Crippen LogP contribution in [0, 0.1) is 22.7 Å². The fourth-order valence-corrected chi connectivity index (χ4v) is 6.34. The average molecular weight is 509 g/mol. The van der Waals surface area contributed by atoms with E-state index in [-0.39, 0.29) is 0 Å². The van der Waals surface area contributed by atoms with Crippen molar-refractivity contribution in [1.82, 2.24) is 9.13 Å². The molecular formula is C36H20N4. The molecule has 2 heterocycles. The van der Waals surface area contributed by atoms with Gasteiger partial charge in [0.1, 0.15) is 6.07 Å². The highest BCUT2D eigenvalue weighted by Crippen LogP contribution is 2.41. The third kappa shape index (κ3) is 2.93. The Hall–Kier alpha value is -5.84. The van der Waals surface area contributed by atoms with Crippen molar-refractivity contribution >= 4 is 54.4 Å². The highest BCUT2D eigenvalue weighted by atomic mass is 15.1. The number of benzene rings is 6. The van der Waals surface area contributed by atoms with E-state index in [0.717, 1.165) is 55.0 Å². The largest absolute Gasteiger partial charge is 0.307 e. The van der Waals surface area contributed by atoms with Crippen LogP contribution in [-0.2, 0) is 0 Å². The first-order valence-electron chi connectivity index (χ1n) is 13.2. The van der Waals surface area contributed by atoms with E-state index in [1.807, 2.05) is 36.4 Å². The second-order valence-electron chi connectivity index (χ2n) is 10.0. The maximum Gasteiger partial charge on any atom is 0.101 e. The summed E-state index contributed by atoms with van der Waals surface area (Å²) in [5.74, 6) is 0. The number of rotatable bonds is 2. The van der Waals surface area contributed by atoms with Crippen molar-refractivity contribution in [2.75, 3.05) is 0 Å². The molecule has 0 aliphatic rings. The minimum atomic E-state index is 0.447. The van der Waals surface area contributed by atoms with Crippen LogP contribution < -0.4 is 0 Å². The van der Waals surface area contributed by atoms with Crippen LogP contribution in [0.3, 0.4) is 0 Å². The zero-order valence-corrected chi connectivity index (χ0v) is 21.3. The van der Waals surface area contributed by atoms with Gasteiger partial charge in [-0.05, 0) is 47.2 Å². The molecule has 0 saturated heterocycles. The molecule has 0 aliphatic carbocycles. The Morgan fingerprint density at radius 1 is 0.475 bits per heavy atom. The van der Waals surface area contributed by atoms with E-state index in [0.29, 0.717) is 11.1 Å². The van der Waals surface area contributed by atoms with E-state index in [2.05, 4.69) is 100 Å². The van der Waals surface area contributed by atoms with E-state index < -0.39 is 0 Å². The van der Waals surface area contributed by atoms with Gasteiger partial charge in [-0.1, -0.05) is 84.9 Å². The lowest BCUT2D eigenvalue weighted by Gasteiger charge is -2.18. The molecule has 40 heavy (non-hydrogen) atoms. The topological polar surface area (TPSA) is 57.4 Å². The molecule has 0 atom stereocenters. The molecule has 2 aromatic heterocycles. The fourth-order valence-electron chi connectivity index (χ4n) is 6.34. The summed E-state index contributed by atoms with van der Waals surface area (Å²) in [7, 11) is 0. The molecule has 0 N–H and O–H groups in total. The van der Waals surface area contributed by atoms with Crippen LogP contribution in [0.25, 0.3) is 65.8 Å². The Bertz CT molecular complexity index is 2350. The summed E-state index contributed by atoms with van der Waals surface area (Å²) in [4.78, 5) is 0. The zero-order chi connectivity index (χ0) is 26.8. The monoisotopic (exact) mass is 508 g/mol. The molecule has 0 fully saturated rings. The molecule has 0 amide bonds. The maximum absolute atomic E-state index is 10.5. The molecule has 0 unspecified atom stereocenters. The van der Waals surface area contributed by atoms with Crippen LogP contribution in [0.5, 0.6) is 0 Å². The second-order valence-corrected chi connectivity index (χ2v) is 10.0. The summed E-state index contributed by atoms with van der Waals surface area (Å²) < 4.78 is 4.40. The Morgan fingerprint density at radius 3 is 1.70 bits per heavy atom. The van der Waals surface area contributed by atoms with Gasteiger partial charge in [-0.15, -0.1) is 0 Å². The lowest BCUT2D eigenvalue weighted by Crippen LogP contribution is -2.07. The number of hydrogen-bond donors (Lipinski definition) is 0. The highest BCUT2D eigenvalue weighted by molar-refractivity contribution is 6.21. The minimum absolute atomic E-state index is 0.447. The highest BCUT2D eigenvalue weighted by Gasteiger charge is 2.23. The van der Waals surface area contributed by atoms with Crippen LogP contribution in [0.15, 0.2) is 121 Å². The molecule has 6 aromatic carbocycles. The summed E-state index contributed by atoms with van der Waals surface area (Å²) in [5.41, 5.74) is 6.53. The molecular weight excluding hydrogens is 488 g/mol. The summed E-state index contributed by atoms with van der Waals surface area (Å²) in [5, 5.41) is 27.4. The first-order valence-corrected chi connectivity index (χ1v) is 13.2. The molecule has 4 nitrogen and oxygen atoms in total. The fraction of sp³-hybridized carbons (Fsp3) is 0. The quantitative estimate of drug-likeness (QED) is 0.234. The number of hydrogen-bond acceptors (Lipinski definition) is 2. The molecule has 0 saturated carbocycles. The Balaban J connectivity index is 1.62. The number of para-hydroxylation sites is 3. The average Bonchev–Trinajstić information content (AvgIpc) is 3.53. The van der Waals surface area contributed by atoms with Crippen molar-refractivity contribution in [3.8, 4) is 23.5 Å². The van der Waals surface area contributed by atoms with E-state index in [1.165, 1.54) is 10.8 Å². The summed E-state index contributed by atoms with van der Waals surface area (Å²) in [6.07, 6.45) is 0. The molecule has 0 spiro atoms. The van der Waals surface area contributed by atoms with Gasteiger partial charge in [0.2, 0.25) is 0 Å². The van der Waals surface area contributed by atoms with Gasteiger partial charge in [-0.2, -0.15) is 10.5 Å². The van der Waals surface area contributed by atoms with E-state index >= 15 is 0 Å². The van der Waals surface area contributed by atoms with Crippen LogP contribution in [0.1, 0.15) is 11.1 Å². The molecule has 0 aliphatic heterocycles. The lowest BCUT2D eigenvalue weighted by molar-refractivity contribution is 1.09. The smallest absolute Gasteiger partial charge is 0.101 e. The first kappa shape index (κ1) is 22.2. The van der Waals surface area contributed by atoms with Crippen molar-refractivity contribution in [3.05, 3.63) is 132 Å². The summed E-state index contributed by atoms with van der Waals surface area (Å²) in [6.45, 7) is 0. The standard InChI is InChI=1S/C36H20N4/c37-21-23-19-25(22-38)36(40-30-14-6-3-11-27(30)28-12-4-7-15-31(28)40)34(20-23)39-32-16-8-5-13-29(32)35-26-10-2-1-9-24(26)17-18-33(35)39/h1-20H. The SMILES string of the molecule is N#Cc1cc(C#N)c(-n2c3ccccc3c3ccccc32)c(-n2c3ccccc3c3c4ccccc4ccc32)c1. The van der Waals surface area contributed by atoms with Crippen molar-refractivity contribution in [2.24, 2.45) is 0 Å². The number of aromatic nitrogens is 2.